The minimum absolute atomic E-state index is 0.228. The van der Waals surface area contributed by atoms with Crippen LogP contribution < -0.4 is 5.73 Å². The lowest BCUT2D eigenvalue weighted by Gasteiger charge is -2.28. The highest BCUT2D eigenvalue weighted by atomic mass is 16.7. The van der Waals surface area contributed by atoms with Gasteiger partial charge in [0.05, 0.1) is 6.61 Å². The maximum absolute atomic E-state index is 9.61. The van der Waals surface area contributed by atoms with E-state index in [-0.39, 0.29) is 12.9 Å². The van der Waals surface area contributed by atoms with E-state index in [1.165, 1.54) is 0 Å². The summed E-state index contributed by atoms with van der Waals surface area (Å²) in [5.74, 6) is 0. The quantitative estimate of drug-likeness (QED) is 0.646. The Labute approximate surface area is 82.2 Å². The zero-order chi connectivity index (χ0) is 9.97. The highest BCUT2D eigenvalue weighted by Gasteiger charge is 2.25. The molecule has 0 amide bonds. The first kappa shape index (κ1) is 9.45. The van der Waals surface area contributed by atoms with Crippen molar-refractivity contribution in [2.24, 2.45) is 0 Å². The predicted molar refractivity (Wildman–Crippen MR) is 51.5 cm³/mol. The maximum atomic E-state index is 9.61. The first-order chi connectivity index (χ1) is 6.77. The molecule has 1 aliphatic rings. The van der Waals surface area contributed by atoms with Gasteiger partial charge in [-0.25, -0.2) is 0 Å². The third-order valence-corrected chi connectivity index (χ3v) is 2.23. The molecular weight excluding hydrogens is 182 g/mol. The molecule has 1 heterocycles. The van der Waals surface area contributed by atoms with Gasteiger partial charge in [0.25, 0.3) is 0 Å². The zero-order valence-electron chi connectivity index (χ0n) is 7.72. The van der Waals surface area contributed by atoms with Crippen molar-refractivity contribution in [2.75, 3.05) is 19.1 Å². The summed E-state index contributed by atoms with van der Waals surface area (Å²) in [5, 5.41) is 9.61. The summed E-state index contributed by atoms with van der Waals surface area (Å²) in [6.07, 6.45) is -0.906. The average molecular weight is 195 g/mol. The Bertz CT molecular complexity index is 299. The number of benzene rings is 1. The number of ether oxygens (including phenoxy) is 2. The highest BCUT2D eigenvalue weighted by molar-refractivity contribution is 5.40. The number of nitrogen functional groups attached to an aromatic ring is 1. The molecule has 1 aromatic rings. The molecule has 1 aliphatic heterocycles. The molecule has 0 radical (unpaired) electrons. The first-order valence-electron chi connectivity index (χ1n) is 4.50. The Morgan fingerprint density at radius 1 is 1.29 bits per heavy atom. The van der Waals surface area contributed by atoms with Crippen molar-refractivity contribution >= 4 is 5.69 Å². The fourth-order valence-electron chi connectivity index (χ4n) is 1.49. The smallest absolute Gasteiger partial charge is 0.147 e. The lowest BCUT2D eigenvalue weighted by molar-refractivity contribution is -0.196. The number of nitrogens with two attached hydrogens (primary N) is 1. The van der Waals surface area contributed by atoms with Crippen LogP contribution in [0.25, 0.3) is 0 Å². The molecule has 0 aromatic heterocycles. The van der Waals surface area contributed by atoms with E-state index in [4.69, 9.17) is 15.2 Å². The lowest BCUT2D eigenvalue weighted by atomic mass is 10.0. The summed E-state index contributed by atoms with van der Waals surface area (Å²) in [7, 11) is 0. The number of aliphatic hydroxyl groups is 1. The zero-order valence-corrected chi connectivity index (χ0v) is 7.72. The molecule has 4 heteroatoms. The SMILES string of the molecule is Nc1ccc([C@H]2OCOC[C@@H]2O)cc1. The topological polar surface area (TPSA) is 64.7 Å². The molecule has 2 rings (SSSR count). The largest absolute Gasteiger partial charge is 0.399 e. The summed E-state index contributed by atoms with van der Waals surface area (Å²) < 4.78 is 10.3. The van der Waals surface area contributed by atoms with Crippen LogP contribution in [0.3, 0.4) is 0 Å². The van der Waals surface area contributed by atoms with E-state index in [1.807, 2.05) is 12.1 Å². The van der Waals surface area contributed by atoms with Gasteiger partial charge in [-0.15, -0.1) is 0 Å². The third kappa shape index (κ3) is 1.87. The summed E-state index contributed by atoms with van der Waals surface area (Å²) in [6, 6.07) is 7.30. The van der Waals surface area contributed by atoms with Gasteiger partial charge in [0.15, 0.2) is 0 Å². The molecular formula is C10H13NO3. The van der Waals surface area contributed by atoms with Gasteiger partial charge >= 0.3 is 0 Å². The van der Waals surface area contributed by atoms with Crippen LogP contribution >= 0.6 is 0 Å². The van der Waals surface area contributed by atoms with Crippen molar-refractivity contribution in [3.8, 4) is 0 Å². The number of hydrogen-bond acceptors (Lipinski definition) is 4. The standard InChI is InChI=1S/C10H13NO3/c11-8-3-1-7(2-4-8)10-9(12)5-13-6-14-10/h1-4,9-10,12H,5-6,11H2/t9-,10+/m0/s1. The predicted octanol–water partition coefficient (Wildman–Crippen LogP) is 0.675. The van der Waals surface area contributed by atoms with Gasteiger partial charge in [-0.05, 0) is 17.7 Å². The van der Waals surface area contributed by atoms with E-state index in [9.17, 15) is 5.11 Å². The van der Waals surface area contributed by atoms with Crippen LogP contribution in [0.15, 0.2) is 24.3 Å². The summed E-state index contributed by atoms with van der Waals surface area (Å²) >= 11 is 0. The van der Waals surface area contributed by atoms with Gasteiger partial charge in [0.1, 0.15) is 19.0 Å². The molecule has 14 heavy (non-hydrogen) atoms. The van der Waals surface area contributed by atoms with Gasteiger partial charge in [-0.3, -0.25) is 0 Å². The van der Waals surface area contributed by atoms with E-state index in [1.54, 1.807) is 12.1 Å². The molecule has 3 N–H and O–H groups in total. The van der Waals surface area contributed by atoms with E-state index < -0.39 is 6.10 Å². The molecule has 1 fully saturated rings. The second kappa shape index (κ2) is 3.96. The Morgan fingerprint density at radius 3 is 2.64 bits per heavy atom. The van der Waals surface area contributed by atoms with Crippen LogP contribution in [0.5, 0.6) is 0 Å². The van der Waals surface area contributed by atoms with Crippen LogP contribution in [-0.2, 0) is 9.47 Å². The normalized spacial score (nSPS) is 27.5. The van der Waals surface area contributed by atoms with Crippen LogP contribution in [-0.4, -0.2) is 24.6 Å². The second-order valence-electron chi connectivity index (χ2n) is 3.31. The molecule has 4 nitrogen and oxygen atoms in total. The van der Waals surface area contributed by atoms with E-state index in [0.717, 1.165) is 5.56 Å². The van der Waals surface area contributed by atoms with Crippen LogP contribution in [0.2, 0.25) is 0 Å². The average Bonchev–Trinajstić information content (AvgIpc) is 2.20. The van der Waals surface area contributed by atoms with Crippen LogP contribution in [0.1, 0.15) is 11.7 Å². The molecule has 76 valence electrons. The lowest BCUT2D eigenvalue weighted by Crippen LogP contribution is -2.32. The minimum Gasteiger partial charge on any atom is -0.399 e. The highest BCUT2D eigenvalue weighted by Crippen LogP contribution is 2.25. The van der Waals surface area contributed by atoms with E-state index in [2.05, 4.69) is 0 Å². The van der Waals surface area contributed by atoms with Crippen LogP contribution in [0, 0.1) is 0 Å². The number of aliphatic hydroxyl groups excluding tert-OH is 1. The van der Waals surface area contributed by atoms with Gasteiger partial charge in [-0.1, -0.05) is 12.1 Å². The fraction of sp³-hybridized carbons (Fsp3) is 0.400. The van der Waals surface area contributed by atoms with Gasteiger partial charge < -0.3 is 20.3 Å². The molecule has 0 unspecified atom stereocenters. The molecule has 2 atom stereocenters. The summed E-state index contributed by atoms with van der Waals surface area (Å²) in [6.45, 7) is 0.543. The molecule has 0 bridgehead atoms. The number of anilines is 1. The second-order valence-corrected chi connectivity index (χ2v) is 3.31. The third-order valence-electron chi connectivity index (χ3n) is 2.23. The van der Waals surface area contributed by atoms with Crippen molar-refractivity contribution in [1.82, 2.24) is 0 Å². The molecule has 1 saturated heterocycles. The van der Waals surface area contributed by atoms with Crippen LogP contribution in [0.4, 0.5) is 5.69 Å². The Balaban J connectivity index is 2.16. The molecule has 0 aliphatic carbocycles. The minimum atomic E-state index is -0.604. The molecule has 0 saturated carbocycles. The monoisotopic (exact) mass is 195 g/mol. The first-order valence-corrected chi connectivity index (χ1v) is 4.50. The summed E-state index contributed by atoms with van der Waals surface area (Å²) in [4.78, 5) is 0. The van der Waals surface area contributed by atoms with Crippen molar-refractivity contribution < 1.29 is 14.6 Å². The van der Waals surface area contributed by atoms with Crippen molar-refractivity contribution in [3.63, 3.8) is 0 Å². The van der Waals surface area contributed by atoms with E-state index in [0.29, 0.717) is 12.3 Å². The van der Waals surface area contributed by atoms with Gasteiger partial charge in [-0.2, -0.15) is 0 Å². The van der Waals surface area contributed by atoms with Crippen molar-refractivity contribution in [3.05, 3.63) is 29.8 Å². The Morgan fingerprint density at radius 2 is 2.00 bits per heavy atom. The molecule has 0 spiro atoms. The van der Waals surface area contributed by atoms with Crippen molar-refractivity contribution in [1.29, 1.82) is 0 Å². The summed E-state index contributed by atoms with van der Waals surface area (Å²) in [5.41, 5.74) is 7.19. The fourth-order valence-corrected chi connectivity index (χ4v) is 1.49. The van der Waals surface area contributed by atoms with Gasteiger partial charge in [0.2, 0.25) is 0 Å². The Kier molecular flexibility index (Phi) is 2.67. The molecule has 1 aromatic carbocycles. The van der Waals surface area contributed by atoms with Gasteiger partial charge in [0, 0.05) is 5.69 Å². The van der Waals surface area contributed by atoms with Crippen molar-refractivity contribution in [2.45, 2.75) is 12.2 Å². The number of rotatable bonds is 1. The Hall–Kier alpha value is -1.10. The van der Waals surface area contributed by atoms with E-state index >= 15 is 0 Å². The maximum Gasteiger partial charge on any atom is 0.147 e. The number of hydrogen-bond donors (Lipinski definition) is 2.